The molecule has 0 aromatic rings. The lowest BCUT2D eigenvalue weighted by Gasteiger charge is -2.34. The van der Waals surface area contributed by atoms with Gasteiger partial charge in [-0.05, 0) is 44.9 Å². The lowest BCUT2D eigenvalue weighted by Crippen LogP contribution is -2.55. The van der Waals surface area contributed by atoms with E-state index in [4.69, 9.17) is 14.2 Å². The van der Waals surface area contributed by atoms with Crippen LogP contribution in [-0.4, -0.2) is 75.5 Å². The summed E-state index contributed by atoms with van der Waals surface area (Å²) in [6, 6.07) is -0.737. The maximum Gasteiger partial charge on any atom is 0.306 e. The normalized spacial score (nSPS) is 13.4. The number of carboxylic acid groups (broad SMARTS) is 1. The van der Waals surface area contributed by atoms with Gasteiger partial charge in [0.1, 0.15) is 12.6 Å². The van der Waals surface area contributed by atoms with Crippen LogP contribution in [0.15, 0.2) is 60.8 Å². The van der Waals surface area contributed by atoms with E-state index >= 15 is 0 Å². The van der Waals surface area contributed by atoms with Crippen LogP contribution in [0.5, 0.6) is 0 Å². The molecule has 0 radical (unpaired) electrons. The highest BCUT2D eigenvalue weighted by Crippen LogP contribution is 2.16. The van der Waals surface area contributed by atoms with Crippen molar-refractivity contribution in [1.82, 2.24) is 0 Å². The number of rotatable bonds is 42. The van der Waals surface area contributed by atoms with Crippen molar-refractivity contribution in [2.75, 3.05) is 41.0 Å². The minimum Gasteiger partial charge on any atom is -0.544 e. The van der Waals surface area contributed by atoms with E-state index in [-0.39, 0.29) is 49.1 Å². The molecule has 0 saturated heterocycles. The Kier molecular flexibility index (Phi) is 39.6. The molecule has 0 amide bonds. The van der Waals surface area contributed by atoms with Crippen LogP contribution in [0, 0.1) is 0 Å². The maximum atomic E-state index is 12.8. The molecule has 340 valence electrons. The first-order valence-electron chi connectivity index (χ1n) is 23.8. The molecule has 59 heavy (non-hydrogen) atoms. The zero-order chi connectivity index (χ0) is 43.5. The Balaban J connectivity index is 4.37. The van der Waals surface area contributed by atoms with Crippen molar-refractivity contribution in [2.45, 2.75) is 206 Å². The van der Waals surface area contributed by atoms with E-state index in [1.807, 2.05) is 12.2 Å². The number of carbonyl (C=O) groups is 3. The Morgan fingerprint density at radius 1 is 0.525 bits per heavy atom. The first-order valence-corrected chi connectivity index (χ1v) is 23.8. The number of carbonyl (C=O) groups excluding carboxylic acids is 3. The molecule has 0 bridgehead atoms. The molecule has 0 aliphatic carbocycles. The van der Waals surface area contributed by atoms with Gasteiger partial charge in [0.15, 0.2) is 6.10 Å². The fourth-order valence-electron chi connectivity index (χ4n) is 6.77. The summed E-state index contributed by atoms with van der Waals surface area (Å²) < 4.78 is 17.1. The Morgan fingerprint density at radius 2 is 0.949 bits per heavy atom. The molecule has 8 nitrogen and oxygen atoms in total. The second-order valence-corrected chi connectivity index (χ2v) is 17.0. The van der Waals surface area contributed by atoms with Gasteiger partial charge in [0.05, 0.1) is 40.3 Å². The van der Waals surface area contributed by atoms with E-state index in [1.54, 1.807) is 21.1 Å². The van der Waals surface area contributed by atoms with E-state index in [9.17, 15) is 19.5 Å². The highest BCUT2D eigenvalue weighted by molar-refractivity contribution is 5.70. The monoisotopic (exact) mass is 828 g/mol. The van der Waals surface area contributed by atoms with Gasteiger partial charge in [-0.15, -0.1) is 0 Å². The lowest BCUT2D eigenvalue weighted by atomic mass is 10.0. The minimum absolute atomic E-state index is 0.0178. The van der Waals surface area contributed by atoms with E-state index in [0.717, 1.165) is 51.4 Å². The Labute approximate surface area is 362 Å². The third-order valence-electron chi connectivity index (χ3n) is 10.4. The standard InChI is InChI=1S/C51H89NO7/c1-6-8-10-12-14-16-18-20-22-24-25-26-28-30-32-34-36-38-40-42-50(54)59-47(45-57-44-43-48(51(55)56)52(3,4)5)46-58-49(53)41-39-37-35-33-31-29-27-23-21-19-17-15-13-11-9-7-2/h9,11,15,17,21,23,29,31,35,37,47-48H,6-8,10,12-14,16,18-20,22,24-28,30,32-34,36,38-46H2,1-5H3/b11-9+,17-15+,23-21+,31-29+,37-35+. The number of allylic oxidation sites excluding steroid dienone is 10. The number of likely N-dealkylation sites (N-methyl/N-ethyl adjacent to an activating group) is 1. The Hall–Kier alpha value is -2.97. The first kappa shape index (κ1) is 56.0. The molecule has 0 N–H and O–H groups in total. The molecule has 0 rings (SSSR count). The highest BCUT2D eigenvalue weighted by atomic mass is 16.6. The number of nitrogens with zero attached hydrogens (tertiary/aromatic N) is 1. The van der Waals surface area contributed by atoms with Crippen molar-refractivity contribution in [1.29, 1.82) is 0 Å². The summed E-state index contributed by atoms with van der Waals surface area (Å²) in [6.45, 7) is 4.48. The third-order valence-corrected chi connectivity index (χ3v) is 10.4. The summed E-state index contributed by atoms with van der Waals surface area (Å²) in [7, 11) is 5.39. The van der Waals surface area contributed by atoms with Crippen LogP contribution in [0.25, 0.3) is 0 Å². The molecular weight excluding hydrogens is 739 g/mol. The van der Waals surface area contributed by atoms with Gasteiger partial charge in [0, 0.05) is 19.3 Å². The van der Waals surface area contributed by atoms with Crippen LogP contribution >= 0.6 is 0 Å². The summed E-state index contributed by atoms with van der Waals surface area (Å²) >= 11 is 0. The molecule has 0 aromatic carbocycles. The number of ether oxygens (including phenoxy) is 3. The molecule has 0 fully saturated rings. The van der Waals surface area contributed by atoms with Crippen LogP contribution in [0.4, 0.5) is 0 Å². The SMILES string of the molecule is CC/C=C/C/C=C/C/C=C/C/C=C/C/C=C/CCC(=O)OCC(COCCC(C(=O)[O-])[N+](C)(C)C)OC(=O)CCCCCCCCCCCCCCCCCCCCC. The van der Waals surface area contributed by atoms with Crippen molar-refractivity contribution in [2.24, 2.45) is 0 Å². The molecule has 0 heterocycles. The number of carboxylic acids is 1. The van der Waals surface area contributed by atoms with Crippen molar-refractivity contribution in [3.63, 3.8) is 0 Å². The molecule has 2 atom stereocenters. The Bertz CT molecular complexity index is 1150. The topological polar surface area (TPSA) is 102 Å². The lowest BCUT2D eigenvalue weighted by molar-refractivity contribution is -0.889. The summed E-state index contributed by atoms with van der Waals surface area (Å²) in [5.41, 5.74) is 0. The summed E-state index contributed by atoms with van der Waals surface area (Å²) in [5, 5.41) is 11.6. The molecular formula is C51H89NO7. The van der Waals surface area contributed by atoms with Gasteiger partial charge in [-0.2, -0.15) is 0 Å². The quantitative estimate of drug-likeness (QED) is 0.0261. The molecule has 0 spiro atoms. The number of hydrogen-bond donors (Lipinski definition) is 0. The fourth-order valence-corrected chi connectivity index (χ4v) is 6.77. The molecule has 0 aromatic heterocycles. The van der Waals surface area contributed by atoms with Crippen LogP contribution < -0.4 is 5.11 Å². The van der Waals surface area contributed by atoms with Crippen LogP contribution in [0.2, 0.25) is 0 Å². The predicted molar refractivity (Wildman–Crippen MR) is 245 cm³/mol. The van der Waals surface area contributed by atoms with Gasteiger partial charge in [-0.3, -0.25) is 9.59 Å². The number of unbranched alkanes of at least 4 members (excludes halogenated alkanes) is 18. The van der Waals surface area contributed by atoms with Gasteiger partial charge in [0.25, 0.3) is 0 Å². The van der Waals surface area contributed by atoms with Gasteiger partial charge in [-0.1, -0.05) is 190 Å². The summed E-state index contributed by atoms with van der Waals surface area (Å²) in [6.07, 6.45) is 51.2. The van der Waals surface area contributed by atoms with Crippen molar-refractivity contribution >= 4 is 17.9 Å². The predicted octanol–water partition coefficient (Wildman–Crippen LogP) is 12.0. The van der Waals surface area contributed by atoms with Crippen LogP contribution in [-0.2, 0) is 28.6 Å². The zero-order valence-electron chi connectivity index (χ0n) is 38.7. The first-order chi connectivity index (χ1) is 28.6. The van der Waals surface area contributed by atoms with Gasteiger partial charge in [0.2, 0.25) is 0 Å². The largest absolute Gasteiger partial charge is 0.544 e. The van der Waals surface area contributed by atoms with Gasteiger partial charge >= 0.3 is 11.9 Å². The van der Waals surface area contributed by atoms with E-state index in [1.165, 1.54) is 103 Å². The molecule has 8 heteroatoms. The second-order valence-electron chi connectivity index (χ2n) is 17.0. The Morgan fingerprint density at radius 3 is 1.37 bits per heavy atom. The average molecular weight is 828 g/mol. The third kappa shape index (κ3) is 40.2. The minimum atomic E-state index is -1.13. The fraction of sp³-hybridized carbons (Fsp3) is 0.745. The van der Waals surface area contributed by atoms with Crippen molar-refractivity contribution in [3.05, 3.63) is 60.8 Å². The highest BCUT2D eigenvalue weighted by Gasteiger charge is 2.25. The van der Waals surface area contributed by atoms with E-state index in [2.05, 4.69) is 62.5 Å². The second kappa shape index (κ2) is 41.8. The number of quaternary nitrogens is 1. The van der Waals surface area contributed by atoms with Crippen LogP contribution in [0.1, 0.15) is 194 Å². The number of esters is 2. The molecule has 0 saturated carbocycles. The summed E-state index contributed by atoms with van der Waals surface area (Å²) in [5.74, 6) is -1.84. The van der Waals surface area contributed by atoms with Gasteiger partial charge in [-0.25, -0.2) is 0 Å². The molecule has 0 aliphatic heterocycles. The molecule has 0 aliphatic rings. The van der Waals surface area contributed by atoms with Crippen molar-refractivity contribution < 1.29 is 38.2 Å². The van der Waals surface area contributed by atoms with Crippen LogP contribution in [0.3, 0.4) is 0 Å². The zero-order valence-corrected chi connectivity index (χ0v) is 38.7. The smallest absolute Gasteiger partial charge is 0.306 e. The van der Waals surface area contributed by atoms with Gasteiger partial charge < -0.3 is 28.6 Å². The number of hydrogen-bond acceptors (Lipinski definition) is 7. The number of aliphatic carboxylic acids is 1. The van der Waals surface area contributed by atoms with E-state index < -0.39 is 18.1 Å². The van der Waals surface area contributed by atoms with E-state index in [0.29, 0.717) is 12.8 Å². The maximum absolute atomic E-state index is 12.8. The van der Waals surface area contributed by atoms with Crippen molar-refractivity contribution in [3.8, 4) is 0 Å². The molecule has 2 unspecified atom stereocenters. The summed E-state index contributed by atoms with van der Waals surface area (Å²) in [4.78, 5) is 36.9. The average Bonchev–Trinajstić information content (AvgIpc) is 3.19.